The van der Waals surface area contributed by atoms with E-state index in [1.165, 1.54) is 19.4 Å². The molecule has 1 aliphatic heterocycles. The lowest BCUT2D eigenvalue weighted by atomic mass is 9.96. The molecule has 0 aliphatic carbocycles. The Hall–Kier alpha value is -0.770. The maximum Gasteiger partial charge on any atom is 0.409 e. The van der Waals surface area contributed by atoms with Crippen LogP contribution in [0.25, 0.3) is 0 Å². The molecule has 0 saturated carbocycles. The Labute approximate surface area is 111 Å². The maximum absolute atomic E-state index is 11.6. The third-order valence-corrected chi connectivity index (χ3v) is 3.60. The van der Waals surface area contributed by atoms with E-state index in [0.717, 1.165) is 38.4 Å². The van der Waals surface area contributed by atoms with Gasteiger partial charge in [0.25, 0.3) is 0 Å². The van der Waals surface area contributed by atoms with Crippen molar-refractivity contribution in [1.29, 1.82) is 0 Å². The Morgan fingerprint density at radius 3 is 2.56 bits per heavy atom. The molecular formula is C14H28N2O2. The molecule has 1 rings (SSSR count). The quantitative estimate of drug-likeness (QED) is 0.732. The van der Waals surface area contributed by atoms with Crippen molar-refractivity contribution >= 4 is 6.09 Å². The number of carbonyl (C=O) groups is 1. The zero-order chi connectivity index (χ0) is 13.4. The first-order chi connectivity index (χ1) is 8.67. The van der Waals surface area contributed by atoms with Crippen molar-refractivity contribution in [3.63, 3.8) is 0 Å². The number of amides is 1. The third kappa shape index (κ3) is 5.25. The predicted molar refractivity (Wildman–Crippen MR) is 73.7 cm³/mol. The lowest BCUT2D eigenvalue weighted by Crippen LogP contribution is -2.41. The van der Waals surface area contributed by atoms with Gasteiger partial charge in [-0.2, -0.15) is 0 Å². The lowest BCUT2D eigenvalue weighted by Gasteiger charge is -2.33. The highest BCUT2D eigenvalue weighted by atomic mass is 16.6. The van der Waals surface area contributed by atoms with E-state index in [-0.39, 0.29) is 6.09 Å². The number of carbonyl (C=O) groups excluding carboxylic acids is 1. The predicted octanol–water partition coefficient (Wildman–Crippen LogP) is 2.59. The summed E-state index contributed by atoms with van der Waals surface area (Å²) in [4.78, 5) is 15.8. The highest BCUT2D eigenvalue weighted by Gasteiger charge is 2.23. The average molecular weight is 256 g/mol. The SMILES string of the molecule is CCCCN(C)CC1CCN(C(=O)OCC)CC1. The Bertz CT molecular complexity index is 238. The van der Waals surface area contributed by atoms with E-state index in [0.29, 0.717) is 6.61 Å². The van der Waals surface area contributed by atoms with Crippen LogP contribution in [0.2, 0.25) is 0 Å². The van der Waals surface area contributed by atoms with Gasteiger partial charge in [0.05, 0.1) is 6.61 Å². The van der Waals surface area contributed by atoms with Crippen molar-refractivity contribution < 1.29 is 9.53 Å². The van der Waals surface area contributed by atoms with Crippen molar-refractivity contribution in [3.8, 4) is 0 Å². The maximum atomic E-state index is 11.6. The van der Waals surface area contributed by atoms with Gasteiger partial charge in [-0.1, -0.05) is 13.3 Å². The Balaban J connectivity index is 2.20. The minimum Gasteiger partial charge on any atom is -0.450 e. The second-order valence-electron chi connectivity index (χ2n) is 5.25. The second kappa shape index (κ2) is 8.35. The highest BCUT2D eigenvalue weighted by Crippen LogP contribution is 2.18. The van der Waals surface area contributed by atoms with E-state index in [2.05, 4.69) is 18.9 Å². The van der Waals surface area contributed by atoms with Crippen molar-refractivity contribution in [2.45, 2.75) is 39.5 Å². The van der Waals surface area contributed by atoms with E-state index in [1.54, 1.807) is 0 Å². The first-order valence-electron chi connectivity index (χ1n) is 7.27. The molecule has 1 saturated heterocycles. The van der Waals surface area contributed by atoms with Crippen LogP contribution in [0.3, 0.4) is 0 Å². The number of likely N-dealkylation sites (tertiary alicyclic amines) is 1. The minimum atomic E-state index is -0.143. The summed E-state index contributed by atoms with van der Waals surface area (Å²) >= 11 is 0. The van der Waals surface area contributed by atoms with Gasteiger partial charge < -0.3 is 14.5 Å². The Kier molecular flexibility index (Phi) is 7.09. The van der Waals surface area contributed by atoms with Crippen LogP contribution in [0, 0.1) is 5.92 Å². The fourth-order valence-corrected chi connectivity index (χ4v) is 2.47. The van der Waals surface area contributed by atoms with E-state index in [1.807, 2.05) is 11.8 Å². The molecule has 0 unspecified atom stereocenters. The zero-order valence-corrected chi connectivity index (χ0v) is 12.2. The average Bonchev–Trinajstić information content (AvgIpc) is 2.37. The summed E-state index contributed by atoms with van der Waals surface area (Å²) < 4.78 is 5.03. The molecule has 0 aromatic rings. The van der Waals surface area contributed by atoms with Gasteiger partial charge in [0.15, 0.2) is 0 Å². The minimum absolute atomic E-state index is 0.143. The van der Waals surface area contributed by atoms with Gasteiger partial charge in [-0.15, -0.1) is 0 Å². The first kappa shape index (κ1) is 15.3. The van der Waals surface area contributed by atoms with E-state index in [9.17, 15) is 4.79 Å². The number of hydrogen-bond acceptors (Lipinski definition) is 3. The van der Waals surface area contributed by atoms with Gasteiger partial charge in [-0.05, 0) is 45.7 Å². The number of nitrogens with zero attached hydrogens (tertiary/aromatic N) is 2. The molecule has 0 bridgehead atoms. The molecule has 4 nitrogen and oxygen atoms in total. The van der Waals surface area contributed by atoms with Crippen molar-refractivity contribution in [2.24, 2.45) is 5.92 Å². The van der Waals surface area contributed by atoms with Crippen LogP contribution in [0.4, 0.5) is 4.79 Å². The highest BCUT2D eigenvalue weighted by molar-refractivity contribution is 5.67. The first-order valence-corrected chi connectivity index (χ1v) is 7.27. The summed E-state index contributed by atoms with van der Waals surface area (Å²) in [7, 11) is 2.20. The van der Waals surface area contributed by atoms with Crippen molar-refractivity contribution in [3.05, 3.63) is 0 Å². The molecule has 4 heteroatoms. The smallest absolute Gasteiger partial charge is 0.409 e. The summed E-state index contributed by atoms with van der Waals surface area (Å²) in [5.74, 6) is 0.734. The third-order valence-electron chi connectivity index (χ3n) is 3.60. The van der Waals surface area contributed by atoms with Gasteiger partial charge in [0, 0.05) is 19.6 Å². The van der Waals surface area contributed by atoms with Crippen molar-refractivity contribution in [1.82, 2.24) is 9.80 Å². The fourth-order valence-electron chi connectivity index (χ4n) is 2.47. The van der Waals surface area contributed by atoms with E-state index < -0.39 is 0 Å². The molecule has 106 valence electrons. The molecule has 1 amide bonds. The standard InChI is InChI=1S/C14H28N2O2/c1-4-6-9-15(3)12-13-7-10-16(11-8-13)14(17)18-5-2/h13H,4-12H2,1-3H3. The summed E-state index contributed by atoms with van der Waals surface area (Å²) in [5.41, 5.74) is 0. The normalized spacial score (nSPS) is 17.2. The van der Waals surface area contributed by atoms with Gasteiger partial charge in [-0.25, -0.2) is 4.79 Å². The van der Waals surface area contributed by atoms with Crippen LogP contribution >= 0.6 is 0 Å². The largest absolute Gasteiger partial charge is 0.450 e. The molecule has 1 heterocycles. The molecule has 0 aromatic heterocycles. The summed E-state index contributed by atoms with van der Waals surface area (Å²) in [6, 6.07) is 0. The zero-order valence-electron chi connectivity index (χ0n) is 12.2. The summed E-state index contributed by atoms with van der Waals surface area (Å²) in [6.07, 6.45) is 4.60. The van der Waals surface area contributed by atoms with E-state index in [4.69, 9.17) is 4.74 Å². The molecule has 1 aliphatic rings. The van der Waals surface area contributed by atoms with Crippen LogP contribution in [0.1, 0.15) is 39.5 Å². The molecule has 18 heavy (non-hydrogen) atoms. The van der Waals surface area contributed by atoms with Gasteiger partial charge in [-0.3, -0.25) is 0 Å². The molecule has 1 fully saturated rings. The number of piperidine rings is 1. The van der Waals surface area contributed by atoms with E-state index >= 15 is 0 Å². The number of unbranched alkanes of at least 4 members (excludes halogenated alkanes) is 1. The van der Waals surface area contributed by atoms with Crippen LogP contribution in [0.15, 0.2) is 0 Å². The number of rotatable bonds is 6. The molecule has 0 radical (unpaired) electrons. The topological polar surface area (TPSA) is 32.8 Å². The monoisotopic (exact) mass is 256 g/mol. The number of hydrogen-bond donors (Lipinski definition) is 0. The second-order valence-corrected chi connectivity index (χ2v) is 5.25. The Morgan fingerprint density at radius 1 is 1.33 bits per heavy atom. The molecular weight excluding hydrogens is 228 g/mol. The van der Waals surface area contributed by atoms with Gasteiger partial charge >= 0.3 is 6.09 Å². The van der Waals surface area contributed by atoms with Crippen LogP contribution in [0.5, 0.6) is 0 Å². The Morgan fingerprint density at radius 2 is 2.00 bits per heavy atom. The molecule has 0 N–H and O–H groups in total. The molecule has 0 atom stereocenters. The molecule has 0 spiro atoms. The lowest BCUT2D eigenvalue weighted by molar-refractivity contribution is 0.0874. The van der Waals surface area contributed by atoms with Gasteiger partial charge in [0.1, 0.15) is 0 Å². The van der Waals surface area contributed by atoms with Crippen LogP contribution in [-0.4, -0.2) is 55.7 Å². The fraction of sp³-hybridized carbons (Fsp3) is 0.929. The van der Waals surface area contributed by atoms with Gasteiger partial charge in [0.2, 0.25) is 0 Å². The van der Waals surface area contributed by atoms with Crippen LogP contribution < -0.4 is 0 Å². The summed E-state index contributed by atoms with van der Waals surface area (Å²) in [6.45, 7) is 8.61. The van der Waals surface area contributed by atoms with Crippen LogP contribution in [-0.2, 0) is 4.74 Å². The van der Waals surface area contributed by atoms with Crippen molar-refractivity contribution in [2.75, 3.05) is 39.8 Å². The summed E-state index contributed by atoms with van der Waals surface area (Å²) in [5, 5.41) is 0. The number of ether oxygens (including phenoxy) is 1. The molecule has 0 aromatic carbocycles.